The highest BCUT2D eigenvalue weighted by molar-refractivity contribution is 6.31. The van der Waals surface area contributed by atoms with Crippen molar-refractivity contribution in [1.29, 1.82) is 0 Å². The number of halogens is 1. The molecule has 4 nitrogen and oxygen atoms in total. The number of hydrogen-bond donors (Lipinski definition) is 1. The number of hydrogen-bond acceptors (Lipinski definition) is 3. The second-order valence-electron chi connectivity index (χ2n) is 4.53. The van der Waals surface area contributed by atoms with E-state index in [0.29, 0.717) is 23.1 Å². The minimum atomic E-state index is -0.196. The number of carbonyl (C=O) groups excluding carboxylic acids is 1. The van der Waals surface area contributed by atoms with Gasteiger partial charge in [-0.1, -0.05) is 29.8 Å². The molecular weight excluding hydrogens is 288 g/mol. The molecular formula is C16H17ClN2O2. The van der Waals surface area contributed by atoms with Gasteiger partial charge in [0.2, 0.25) is 5.88 Å². The van der Waals surface area contributed by atoms with Crippen LogP contribution in [0.25, 0.3) is 0 Å². The average Bonchev–Trinajstić information content (AvgIpc) is 2.48. The van der Waals surface area contributed by atoms with Gasteiger partial charge in [0.25, 0.3) is 5.91 Å². The number of benzene rings is 1. The molecule has 1 N–H and O–H groups in total. The molecule has 1 amide bonds. The van der Waals surface area contributed by atoms with Crippen LogP contribution < -0.4 is 10.1 Å². The number of nitrogens with zero attached hydrogens (tertiary/aromatic N) is 1. The molecule has 0 fully saturated rings. The normalized spacial score (nSPS) is 11.8. The number of ether oxygens (including phenoxy) is 1. The van der Waals surface area contributed by atoms with E-state index >= 15 is 0 Å². The summed E-state index contributed by atoms with van der Waals surface area (Å²) < 4.78 is 5.25. The highest BCUT2D eigenvalue weighted by Gasteiger charge is 2.14. The van der Waals surface area contributed by atoms with Crippen LogP contribution in [0.4, 0.5) is 0 Å². The molecule has 0 saturated carbocycles. The van der Waals surface area contributed by atoms with Crippen LogP contribution in [0.1, 0.15) is 35.8 Å². The number of aromatic nitrogens is 1. The first-order chi connectivity index (χ1) is 10.1. The molecule has 2 rings (SSSR count). The Kier molecular flexibility index (Phi) is 5.17. The minimum Gasteiger partial charge on any atom is -0.478 e. The van der Waals surface area contributed by atoms with Gasteiger partial charge >= 0.3 is 0 Å². The summed E-state index contributed by atoms with van der Waals surface area (Å²) in [6.45, 7) is 4.32. The van der Waals surface area contributed by atoms with E-state index in [0.717, 1.165) is 5.56 Å². The fourth-order valence-electron chi connectivity index (χ4n) is 1.93. The topological polar surface area (TPSA) is 51.2 Å². The van der Waals surface area contributed by atoms with Gasteiger partial charge in [0.05, 0.1) is 18.2 Å². The van der Waals surface area contributed by atoms with Crippen molar-refractivity contribution in [3.8, 4) is 5.88 Å². The summed E-state index contributed by atoms with van der Waals surface area (Å²) in [4.78, 5) is 16.3. The van der Waals surface area contributed by atoms with Crippen LogP contribution in [-0.2, 0) is 0 Å². The maximum Gasteiger partial charge on any atom is 0.253 e. The van der Waals surface area contributed by atoms with Gasteiger partial charge in [-0.25, -0.2) is 4.98 Å². The van der Waals surface area contributed by atoms with Gasteiger partial charge in [-0.15, -0.1) is 0 Å². The van der Waals surface area contributed by atoms with Crippen molar-refractivity contribution >= 4 is 17.5 Å². The van der Waals surface area contributed by atoms with E-state index in [1.54, 1.807) is 18.2 Å². The molecule has 0 radical (unpaired) electrons. The van der Waals surface area contributed by atoms with Crippen LogP contribution in [0.15, 0.2) is 42.6 Å². The van der Waals surface area contributed by atoms with Gasteiger partial charge in [-0.05, 0) is 31.5 Å². The predicted octanol–water partition coefficient (Wildman–Crippen LogP) is 3.62. The molecule has 0 saturated heterocycles. The SMILES string of the molecule is CCOc1ccc(C(=O)NC(C)c2ccccc2Cl)cn1. The quantitative estimate of drug-likeness (QED) is 0.918. The lowest BCUT2D eigenvalue weighted by molar-refractivity contribution is 0.0939. The molecule has 0 aliphatic carbocycles. The van der Waals surface area contributed by atoms with E-state index in [1.807, 2.05) is 32.0 Å². The lowest BCUT2D eigenvalue weighted by Gasteiger charge is -2.15. The fourth-order valence-corrected chi connectivity index (χ4v) is 2.23. The summed E-state index contributed by atoms with van der Waals surface area (Å²) in [6.07, 6.45) is 1.50. The second kappa shape index (κ2) is 7.09. The molecule has 5 heteroatoms. The summed E-state index contributed by atoms with van der Waals surface area (Å²) in [5.41, 5.74) is 1.36. The Morgan fingerprint density at radius 2 is 2.10 bits per heavy atom. The van der Waals surface area contributed by atoms with Crippen molar-refractivity contribution in [2.75, 3.05) is 6.61 Å². The Morgan fingerprint density at radius 3 is 2.71 bits per heavy atom. The van der Waals surface area contributed by atoms with Crippen molar-refractivity contribution < 1.29 is 9.53 Å². The number of rotatable bonds is 5. The molecule has 1 atom stereocenters. The summed E-state index contributed by atoms with van der Waals surface area (Å²) in [5.74, 6) is 0.311. The largest absolute Gasteiger partial charge is 0.478 e. The monoisotopic (exact) mass is 304 g/mol. The first-order valence-corrected chi connectivity index (χ1v) is 7.13. The highest BCUT2D eigenvalue weighted by Crippen LogP contribution is 2.22. The summed E-state index contributed by atoms with van der Waals surface area (Å²) >= 11 is 6.12. The number of pyridine rings is 1. The smallest absolute Gasteiger partial charge is 0.253 e. The fraction of sp³-hybridized carbons (Fsp3) is 0.250. The molecule has 0 aliphatic rings. The average molecular weight is 305 g/mol. The van der Waals surface area contributed by atoms with E-state index in [2.05, 4.69) is 10.3 Å². The van der Waals surface area contributed by atoms with Crippen molar-refractivity contribution in [3.63, 3.8) is 0 Å². The van der Waals surface area contributed by atoms with Crippen LogP contribution >= 0.6 is 11.6 Å². The zero-order valence-corrected chi connectivity index (χ0v) is 12.7. The van der Waals surface area contributed by atoms with Crippen LogP contribution in [0.5, 0.6) is 5.88 Å². The Labute approximate surface area is 129 Å². The Balaban J connectivity index is 2.05. The number of amides is 1. The molecule has 110 valence electrons. The molecule has 2 aromatic rings. The lowest BCUT2D eigenvalue weighted by Crippen LogP contribution is -2.26. The van der Waals surface area contributed by atoms with Crippen LogP contribution in [-0.4, -0.2) is 17.5 Å². The van der Waals surface area contributed by atoms with E-state index in [1.165, 1.54) is 6.20 Å². The summed E-state index contributed by atoms with van der Waals surface area (Å²) in [5, 5.41) is 3.53. The van der Waals surface area contributed by atoms with Crippen LogP contribution in [0.3, 0.4) is 0 Å². The summed E-state index contributed by atoms with van der Waals surface area (Å²) in [6, 6.07) is 10.6. The molecule has 1 unspecified atom stereocenters. The third-order valence-electron chi connectivity index (χ3n) is 3.01. The van der Waals surface area contributed by atoms with E-state index < -0.39 is 0 Å². The van der Waals surface area contributed by atoms with Gasteiger partial charge in [-0.2, -0.15) is 0 Å². The first kappa shape index (κ1) is 15.3. The molecule has 0 spiro atoms. The van der Waals surface area contributed by atoms with E-state index in [4.69, 9.17) is 16.3 Å². The first-order valence-electron chi connectivity index (χ1n) is 6.76. The third-order valence-corrected chi connectivity index (χ3v) is 3.35. The Hall–Kier alpha value is -2.07. The zero-order chi connectivity index (χ0) is 15.2. The molecule has 0 aliphatic heterocycles. The summed E-state index contributed by atoms with van der Waals surface area (Å²) in [7, 11) is 0. The molecule has 1 aromatic heterocycles. The van der Waals surface area contributed by atoms with Crippen molar-refractivity contribution in [2.24, 2.45) is 0 Å². The van der Waals surface area contributed by atoms with Gasteiger partial charge in [0, 0.05) is 17.3 Å². The van der Waals surface area contributed by atoms with Gasteiger partial charge in [0.1, 0.15) is 0 Å². The van der Waals surface area contributed by atoms with E-state index in [-0.39, 0.29) is 11.9 Å². The number of nitrogens with one attached hydrogen (secondary N) is 1. The van der Waals surface area contributed by atoms with Crippen molar-refractivity contribution in [2.45, 2.75) is 19.9 Å². The van der Waals surface area contributed by atoms with Crippen molar-refractivity contribution in [3.05, 3.63) is 58.7 Å². The standard InChI is InChI=1S/C16H17ClN2O2/c1-3-21-15-9-8-12(10-18-15)16(20)19-11(2)13-6-4-5-7-14(13)17/h4-11H,3H2,1-2H3,(H,19,20). The van der Waals surface area contributed by atoms with Crippen LogP contribution in [0, 0.1) is 0 Å². The Bertz CT molecular complexity index is 614. The molecule has 1 heterocycles. The number of carbonyl (C=O) groups is 1. The maximum atomic E-state index is 12.2. The maximum absolute atomic E-state index is 12.2. The van der Waals surface area contributed by atoms with Crippen LogP contribution in [0.2, 0.25) is 5.02 Å². The zero-order valence-electron chi connectivity index (χ0n) is 12.0. The lowest BCUT2D eigenvalue weighted by atomic mass is 10.1. The third kappa shape index (κ3) is 3.95. The minimum absolute atomic E-state index is 0.183. The van der Waals surface area contributed by atoms with Gasteiger partial charge in [-0.3, -0.25) is 4.79 Å². The molecule has 0 bridgehead atoms. The molecule has 21 heavy (non-hydrogen) atoms. The highest BCUT2D eigenvalue weighted by atomic mass is 35.5. The van der Waals surface area contributed by atoms with Crippen molar-refractivity contribution in [1.82, 2.24) is 10.3 Å². The van der Waals surface area contributed by atoms with Gasteiger partial charge in [0.15, 0.2) is 0 Å². The second-order valence-corrected chi connectivity index (χ2v) is 4.94. The van der Waals surface area contributed by atoms with Gasteiger partial charge < -0.3 is 10.1 Å². The predicted molar refractivity (Wildman–Crippen MR) is 82.7 cm³/mol. The Morgan fingerprint density at radius 1 is 1.33 bits per heavy atom. The van der Waals surface area contributed by atoms with E-state index in [9.17, 15) is 4.79 Å². The molecule has 1 aromatic carbocycles.